The molecule has 0 aliphatic carbocycles. The predicted molar refractivity (Wildman–Crippen MR) is 75.3 cm³/mol. The number of benzene rings is 1. The molecule has 0 unspecified atom stereocenters. The predicted octanol–water partition coefficient (Wildman–Crippen LogP) is 4.47. The molecule has 2 rings (SSSR count). The topological polar surface area (TPSA) is 48.8 Å². The van der Waals surface area contributed by atoms with Crippen LogP contribution in [0.4, 0.5) is 0 Å². The maximum atomic E-state index is 8.12. The first-order valence-corrected chi connectivity index (χ1v) is 6.37. The van der Waals surface area contributed by atoms with Gasteiger partial charge < -0.3 is 0 Å². The fraction of sp³-hybridized carbons (Fsp3) is 0.143. The maximum absolute atomic E-state index is 8.12. The first-order valence-electron chi connectivity index (χ1n) is 5.55. The van der Waals surface area contributed by atoms with E-state index in [1.807, 2.05) is 24.3 Å². The van der Waals surface area contributed by atoms with Gasteiger partial charge in [0.05, 0.1) is 4.88 Å². The minimum Gasteiger partial charge on any atom is -0.127 e. The molecule has 0 radical (unpaired) electrons. The van der Waals surface area contributed by atoms with E-state index in [0.29, 0.717) is 13.0 Å². The molecular formula is C14H11N3S. The first-order chi connectivity index (χ1) is 8.90. The monoisotopic (exact) mass is 253 g/mol. The van der Waals surface area contributed by atoms with Gasteiger partial charge in [-0.3, -0.25) is 0 Å². The maximum Gasteiger partial charge on any atom is 0.0775 e. The number of hydrogen-bond donors (Lipinski definition) is 0. The molecule has 1 aromatic carbocycles. The summed E-state index contributed by atoms with van der Waals surface area (Å²) >= 11 is 1.67. The molecule has 0 spiro atoms. The zero-order valence-corrected chi connectivity index (χ0v) is 10.5. The van der Waals surface area contributed by atoms with E-state index >= 15 is 0 Å². The Morgan fingerprint density at radius 3 is 2.78 bits per heavy atom. The highest BCUT2D eigenvalue weighted by atomic mass is 32.1. The summed E-state index contributed by atoms with van der Waals surface area (Å²) in [6.45, 7) is 0.431. The summed E-state index contributed by atoms with van der Waals surface area (Å²) in [6, 6.07) is 14.3. The first kappa shape index (κ1) is 12.3. The Morgan fingerprint density at radius 2 is 2.00 bits per heavy atom. The Balaban J connectivity index is 2.05. The molecule has 1 heterocycles. The molecular weight excluding hydrogens is 242 g/mol. The second kappa shape index (κ2) is 6.51. The molecule has 1 aromatic heterocycles. The van der Waals surface area contributed by atoms with Gasteiger partial charge >= 0.3 is 0 Å². The van der Waals surface area contributed by atoms with Crippen LogP contribution in [0.3, 0.4) is 0 Å². The Kier molecular flexibility index (Phi) is 4.43. The summed E-state index contributed by atoms with van der Waals surface area (Å²) < 4.78 is 0. The zero-order valence-electron chi connectivity index (χ0n) is 9.71. The molecule has 0 N–H and O–H groups in total. The van der Waals surface area contributed by atoms with Crippen LogP contribution in [0.5, 0.6) is 0 Å². The van der Waals surface area contributed by atoms with Gasteiger partial charge in [-0.25, -0.2) is 0 Å². The lowest BCUT2D eigenvalue weighted by Crippen LogP contribution is -1.72. The minimum absolute atomic E-state index is 0.431. The number of rotatable bonds is 3. The van der Waals surface area contributed by atoms with Crippen molar-refractivity contribution in [3.8, 4) is 22.3 Å². The lowest BCUT2D eigenvalue weighted by atomic mass is 10.2. The summed E-state index contributed by atoms with van der Waals surface area (Å²) in [6.07, 6.45) is 0.600. The van der Waals surface area contributed by atoms with Crippen LogP contribution >= 0.6 is 11.3 Å². The molecule has 0 amide bonds. The summed E-state index contributed by atoms with van der Waals surface area (Å²) in [7, 11) is 0. The van der Waals surface area contributed by atoms with Crippen molar-refractivity contribution in [3.63, 3.8) is 0 Å². The average molecular weight is 253 g/mol. The van der Waals surface area contributed by atoms with Crippen molar-refractivity contribution in [2.24, 2.45) is 5.11 Å². The van der Waals surface area contributed by atoms with Gasteiger partial charge in [-0.1, -0.05) is 47.3 Å². The molecule has 0 fully saturated rings. The van der Waals surface area contributed by atoms with E-state index in [1.165, 1.54) is 10.4 Å². The van der Waals surface area contributed by atoms with Gasteiger partial charge in [-0.2, -0.15) is 0 Å². The lowest BCUT2D eigenvalue weighted by Gasteiger charge is -1.93. The molecule has 0 aliphatic rings. The normalized spacial score (nSPS) is 9.11. The molecule has 88 valence electrons. The van der Waals surface area contributed by atoms with Crippen molar-refractivity contribution in [1.29, 1.82) is 0 Å². The number of nitrogens with zero attached hydrogens (tertiary/aromatic N) is 3. The summed E-state index contributed by atoms with van der Waals surface area (Å²) in [4.78, 5) is 4.94. The lowest BCUT2D eigenvalue weighted by molar-refractivity contribution is 1.02. The van der Waals surface area contributed by atoms with Gasteiger partial charge in [0.15, 0.2) is 0 Å². The van der Waals surface area contributed by atoms with Crippen molar-refractivity contribution in [1.82, 2.24) is 0 Å². The summed E-state index contributed by atoms with van der Waals surface area (Å²) in [5.41, 5.74) is 9.34. The Morgan fingerprint density at radius 1 is 1.17 bits per heavy atom. The Bertz CT molecular complexity index is 613. The standard InChI is InChI=1S/C14H11N3S/c15-17-16-11-5-4-8-13-9-10-14(18-13)12-6-2-1-3-7-12/h1-3,6-7,9-10H,5,11H2. The third kappa shape index (κ3) is 3.39. The van der Waals surface area contributed by atoms with Crippen molar-refractivity contribution in [3.05, 3.63) is 57.8 Å². The number of azide groups is 1. The van der Waals surface area contributed by atoms with E-state index in [-0.39, 0.29) is 0 Å². The fourth-order valence-corrected chi connectivity index (χ4v) is 2.35. The highest BCUT2D eigenvalue weighted by Crippen LogP contribution is 2.27. The highest BCUT2D eigenvalue weighted by molar-refractivity contribution is 7.16. The molecule has 0 bridgehead atoms. The Hall–Kier alpha value is -2.21. The van der Waals surface area contributed by atoms with E-state index in [2.05, 4.69) is 40.1 Å². The van der Waals surface area contributed by atoms with Crippen LogP contribution in [0.15, 0.2) is 47.6 Å². The van der Waals surface area contributed by atoms with Gasteiger partial charge in [-0.05, 0) is 23.2 Å². The number of hydrogen-bond acceptors (Lipinski definition) is 2. The van der Waals surface area contributed by atoms with Crippen LogP contribution in [0, 0.1) is 11.8 Å². The molecule has 4 heteroatoms. The quantitative estimate of drug-likeness (QED) is 0.255. The van der Waals surface area contributed by atoms with E-state index in [4.69, 9.17) is 5.53 Å². The third-order valence-corrected chi connectivity index (χ3v) is 3.33. The second-order valence-corrected chi connectivity index (χ2v) is 4.62. The minimum atomic E-state index is 0.431. The molecule has 2 aromatic rings. The summed E-state index contributed by atoms with van der Waals surface area (Å²) in [5, 5.41) is 3.44. The molecule has 3 nitrogen and oxygen atoms in total. The largest absolute Gasteiger partial charge is 0.127 e. The van der Waals surface area contributed by atoms with Crippen molar-refractivity contribution >= 4 is 11.3 Å². The fourth-order valence-electron chi connectivity index (χ4n) is 1.46. The zero-order chi connectivity index (χ0) is 12.6. The van der Waals surface area contributed by atoms with Crippen molar-refractivity contribution in [2.45, 2.75) is 6.42 Å². The van der Waals surface area contributed by atoms with E-state index in [1.54, 1.807) is 11.3 Å². The molecule has 18 heavy (non-hydrogen) atoms. The van der Waals surface area contributed by atoms with E-state index in [0.717, 1.165) is 4.88 Å². The molecule has 0 atom stereocenters. The van der Waals surface area contributed by atoms with Gasteiger partial charge in [0.1, 0.15) is 0 Å². The molecule has 0 aliphatic heterocycles. The van der Waals surface area contributed by atoms with Crippen molar-refractivity contribution in [2.75, 3.05) is 6.54 Å². The van der Waals surface area contributed by atoms with Crippen molar-refractivity contribution < 1.29 is 0 Å². The van der Waals surface area contributed by atoms with Crippen LogP contribution in [0.1, 0.15) is 11.3 Å². The van der Waals surface area contributed by atoms with Gasteiger partial charge in [-0.15, -0.1) is 11.3 Å². The molecule has 0 saturated heterocycles. The third-order valence-electron chi connectivity index (χ3n) is 2.28. The van der Waals surface area contributed by atoms with E-state index in [9.17, 15) is 0 Å². The van der Waals surface area contributed by atoms with E-state index < -0.39 is 0 Å². The highest BCUT2D eigenvalue weighted by Gasteiger charge is 1.99. The summed E-state index contributed by atoms with van der Waals surface area (Å²) in [5.74, 6) is 6.08. The van der Waals surface area contributed by atoms with Crippen LogP contribution in [-0.4, -0.2) is 6.54 Å². The smallest absolute Gasteiger partial charge is 0.0775 e. The van der Waals surface area contributed by atoms with Gasteiger partial charge in [0, 0.05) is 22.8 Å². The average Bonchev–Trinajstić information content (AvgIpc) is 2.88. The SMILES string of the molecule is [N-]=[N+]=NCCC#Cc1ccc(-c2ccccc2)s1. The van der Waals surface area contributed by atoms with Crippen LogP contribution < -0.4 is 0 Å². The van der Waals surface area contributed by atoms with Gasteiger partial charge in [0.2, 0.25) is 0 Å². The van der Waals surface area contributed by atoms with Gasteiger partial charge in [0.25, 0.3) is 0 Å². The number of thiophene rings is 1. The van der Waals surface area contributed by atoms with Crippen LogP contribution in [0.25, 0.3) is 20.9 Å². The second-order valence-electron chi connectivity index (χ2n) is 3.54. The van der Waals surface area contributed by atoms with Crippen LogP contribution in [-0.2, 0) is 0 Å². The molecule has 0 saturated carbocycles. The Labute approximate surface area is 110 Å². The van der Waals surface area contributed by atoms with Crippen LogP contribution in [0.2, 0.25) is 0 Å².